The van der Waals surface area contributed by atoms with Gasteiger partial charge in [-0.25, -0.2) is 0 Å². The van der Waals surface area contributed by atoms with Crippen molar-refractivity contribution in [2.24, 2.45) is 0 Å². The van der Waals surface area contributed by atoms with E-state index < -0.39 is 48.1 Å². The van der Waals surface area contributed by atoms with E-state index in [1.54, 1.807) is 6.92 Å². The van der Waals surface area contributed by atoms with Crippen LogP contribution < -0.4 is 15.4 Å². The molecule has 0 saturated carbocycles. The molecule has 10 nitrogen and oxygen atoms in total. The van der Waals surface area contributed by atoms with E-state index >= 15 is 0 Å². The Balaban J connectivity index is 1.63. The summed E-state index contributed by atoms with van der Waals surface area (Å²) < 4.78 is 15.9. The van der Waals surface area contributed by atoms with E-state index in [1.165, 1.54) is 30.0 Å². The minimum absolute atomic E-state index is 0.00787. The third-order valence-electron chi connectivity index (χ3n) is 5.78. The van der Waals surface area contributed by atoms with Crippen molar-refractivity contribution in [1.82, 2.24) is 15.5 Å². The van der Waals surface area contributed by atoms with Crippen LogP contribution in [0.15, 0.2) is 24.8 Å². The molecule has 0 radical (unpaired) electrons. The lowest BCUT2D eigenvalue weighted by atomic mass is 10.1. The van der Waals surface area contributed by atoms with Gasteiger partial charge in [-0.3, -0.25) is 19.2 Å². The number of nitrogens with zero attached hydrogens (tertiary/aromatic N) is 1. The second kappa shape index (κ2) is 12.4. The Morgan fingerprint density at radius 2 is 2.00 bits per heavy atom. The molecule has 2 heterocycles. The molecule has 0 bridgehead atoms. The lowest BCUT2D eigenvalue weighted by Gasteiger charge is -2.28. The minimum atomic E-state index is -0.923. The summed E-state index contributed by atoms with van der Waals surface area (Å²) in [5.74, 6) is -1.61. The molecule has 0 spiro atoms. The van der Waals surface area contributed by atoms with E-state index in [-0.39, 0.29) is 34.4 Å². The Morgan fingerprint density at radius 1 is 1.31 bits per heavy atom. The van der Waals surface area contributed by atoms with Crippen LogP contribution in [0.2, 0.25) is 10.0 Å². The smallest absolute Gasteiger partial charge is 0.310 e. The standard InChI is InChI=1S/C24H29Cl2N3O7/c1-4-9-35-20-15(25)10-14(11-16(20)26)21(31)27-13(3)23(33)29-8-6-7-18(29)22(32)28-17-12-19(30)36-24(17)34-5-2/h4,10-11,13,17-18,24H,1,5-9,12H2,2-3H3,(H,27,31)(H,28,32)/t13-,17-,18?,24?/m0/s1. The third kappa shape index (κ3) is 6.48. The summed E-state index contributed by atoms with van der Waals surface area (Å²) in [5.41, 5.74) is 0.152. The Hall–Kier alpha value is -2.82. The van der Waals surface area contributed by atoms with Crippen molar-refractivity contribution in [3.05, 3.63) is 40.4 Å². The zero-order chi connectivity index (χ0) is 26.4. The Labute approximate surface area is 219 Å². The fraction of sp³-hybridized carbons (Fsp3) is 0.500. The first-order valence-corrected chi connectivity index (χ1v) is 12.4. The molecule has 1 aromatic rings. The lowest BCUT2D eigenvalue weighted by molar-refractivity contribution is -0.164. The van der Waals surface area contributed by atoms with Gasteiger partial charge in [0.2, 0.25) is 18.1 Å². The summed E-state index contributed by atoms with van der Waals surface area (Å²) in [6, 6.07) is 0.495. The van der Waals surface area contributed by atoms with Crippen LogP contribution in [0.3, 0.4) is 0 Å². The van der Waals surface area contributed by atoms with Gasteiger partial charge in [-0.1, -0.05) is 35.9 Å². The van der Waals surface area contributed by atoms with Gasteiger partial charge in [-0.15, -0.1) is 0 Å². The number of likely N-dealkylation sites (tertiary alicyclic amines) is 1. The highest BCUT2D eigenvalue weighted by Gasteiger charge is 2.41. The molecule has 2 N–H and O–H groups in total. The summed E-state index contributed by atoms with van der Waals surface area (Å²) in [6.07, 6.45) is 1.74. The maximum Gasteiger partial charge on any atom is 0.310 e. The van der Waals surface area contributed by atoms with Crippen LogP contribution in [0.25, 0.3) is 0 Å². The van der Waals surface area contributed by atoms with Crippen molar-refractivity contribution in [1.29, 1.82) is 0 Å². The SMILES string of the molecule is C=CCOc1c(Cl)cc(C(=O)N[C@@H](C)C(=O)N2CCCC2C(=O)N[C@H]2CC(=O)OC2OCC)cc1Cl. The van der Waals surface area contributed by atoms with E-state index in [9.17, 15) is 19.2 Å². The van der Waals surface area contributed by atoms with Gasteiger partial charge in [-0.2, -0.15) is 0 Å². The monoisotopic (exact) mass is 541 g/mol. The predicted octanol–water partition coefficient (Wildman–Crippen LogP) is 2.46. The van der Waals surface area contributed by atoms with Crippen LogP contribution in [0.5, 0.6) is 5.75 Å². The number of hydrogen-bond donors (Lipinski definition) is 2. The molecule has 2 aliphatic heterocycles. The molecular weight excluding hydrogens is 513 g/mol. The van der Waals surface area contributed by atoms with Crippen LogP contribution >= 0.6 is 23.2 Å². The molecule has 4 atom stereocenters. The van der Waals surface area contributed by atoms with Crippen molar-refractivity contribution in [3.8, 4) is 5.75 Å². The summed E-state index contributed by atoms with van der Waals surface area (Å²) in [6.45, 7) is 7.71. The van der Waals surface area contributed by atoms with Gasteiger partial charge < -0.3 is 29.7 Å². The fourth-order valence-electron chi connectivity index (χ4n) is 4.11. The zero-order valence-corrected chi connectivity index (χ0v) is 21.6. The van der Waals surface area contributed by atoms with Gasteiger partial charge in [-0.05, 0) is 38.8 Å². The number of cyclic esters (lactones) is 1. The Bertz CT molecular complexity index is 1010. The summed E-state index contributed by atoms with van der Waals surface area (Å²) in [4.78, 5) is 52.0. The molecular formula is C24H29Cl2N3O7. The molecule has 2 aliphatic rings. The highest BCUT2D eigenvalue weighted by Crippen LogP contribution is 2.34. The molecule has 2 fully saturated rings. The second-order valence-electron chi connectivity index (χ2n) is 8.39. The van der Waals surface area contributed by atoms with Crippen molar-refractivity contribution < 1.29 is 33.4 Å². The molecule has 3 amide bonds. The van der Waals surface area contributed by atoms with E-state index in [0.29, 0.717) is 26.0 Å². The Morgan fingerprint density at radius 3 is 2.64 bits per heavy atom. The number of carbonyl (C=O) groups is 4. The number of carbonyl (C=O) groups excluding carboxylic acids is 4. The Kier molecular flexibility index (Phi) is 9.58. The zero-order valence-electron chi connectivity index (χ0n) is 20.1. The molecule has 196 valence electrons. The van der Waals surface area contributed by atoms with E-state index in [0.717, 1.165) is 0 Å². The molecule has 3 rings (SSSR count). The predicted molar refractivity (Wildman–Crippen MR) is 132 cm³/mol. The average molecular weight is 542 g/mol. The van der Waals surface area contributed by atoms with Crippen molar-refractivity contribution in [2.75, 3.05) is 19.8 Å². The molecule has 12 heteroatoms. The normalized spacial score (nSPS) is 22.1. The lowest BCUT2D eigenvalue weighted by Crippen LogP contribution is -2.54. The molecule has 0 aliphatic carbocycles. The summed E-state index contributed by atoms with van der Waals surface area (Å²) in [7, 11) is 0. The van der Waals surface area contributed by atoms with E-state index in [4.69, 9.17) is 37.4 Å². The summed E-state index contributed by atoms with van der Waals surface area (Å²) in [5, 5.41) is 5.69. The molecule has 0 aromatic heterocycles. The van der Waals surface area contributed by atoms with Gasteiger partial charge in [0.05, 0.1) is 16.5 Å². The van der Waals surface area contributed by atoms with Crippen LogP contribution in [0, 0.1) is 0 Å². The van der Waals surface area contributed by atoms with Crippen LogP contribution in [-0.2, 0) is 23.9 Å². The number of halogens is 2. The van der Waals surface area contributed by atoms with Gasteiger partial charge in [0.1, 0.15) is 24.7 Å². The van der Waals surface area contributed by atoms with Crippen LogP contribution in [-0.4, -0.2) is 72.8 Å². The number of hydrogen-bond acceptors (Lipinski definition) is 7. The maximum atomic E-state index is 13.1. The van der Waals surface area contributed by atoms with Gasteiger partial charge in [0.15, 0.2) is 5.75 Å². The summed E-state index contributed by atoms with van der Waals surface area (Å²) >= 11 is 12.4. The van der Waals surface area contributed by atoms with Crippen LogP contribution in [0.1, 0.15) is 43.5 Å². The maximum absolute atomic E-state index is 13.1. The fourth-order valence-corrected chi connectivity index (χ4v) is 4.71. The van der Waals surface area contributed by atoms with Gasteiger partial charge in [0, 0.05) is 18.7 Å². The number of esters is 1. The first-order valence-electron chi connectivity index (χ1n) is 11.6. The number of amides is 3. The third-order valence-corrected chi connectivity index (χ3v) is 6.35. The van der Waals surface area contributed by atoms with Crippen molar-refractivity contribution in [3.63, 3.8) is 0 Å². The largest absolute Gasteiger partial charge is 0.486 e. The average Bonchev–Trinajstić information content (AvgIpc) is 3.44. The molecule has 2 saturated heterocycles. The molecule has 1 aromatic carbocycles. The quantitative estimate of drug-likeness (QED) is 0.344. The van der Waals surface area contributed by atoms with E-state index in [1.807, 2.05) is 0 Å². The number of benzene rings is 1. The highest BCUT2D eigenvalue weighted by molar-refractivity contribution is 6.37. The first-order chi connectivity index (χ1) is 17.2. The van der Waals surface area contributed by atoms with Crippen LogP contribution in [0.4, 0.5) is 0 Å². The van der Waals surface area contributed by atoms with Crippen molar-refractivity contribution in [2.45, 2.75) is 57.5 Å². The number of ether oxygens (including phenoxy) is 3. The topological polar surface area (TPSA) is 123 Å². The number of rotatable bonds is 10. The van der Waals surface area contributed by atoms with Gasteiger partial charge >= 0.3 is 5.97 Å². The molecule has 2 unspecified atom stereocenters. The second-order valence-corrected chi connectivity index (χ2v) is 9.20. The highest BCUT2D eigenvalue weighted by atomic mass is 35.5. The van der Waals surface area contributed by atoms with Crippen molar-refractivity contribution >= 4 is 46.9 Å². The van der Waals surface area contributed by atoms with E-state index in [2.05, 4.69) is 17.2 Å². The first kappa shape index (κ1) is 27.8. The number of nitrogens with one attached hydrogen (secondary N) is 2. The minimum Gasteiger partial charge on any atom is -0.486 e. The molecule has 36 heavy (non-hydrogen) atoms. The van der Waals surface area contributed by atoms with Gasteiger partial charge in [0.25, 0.3) is 5.91 Å².